The molecule has 0 spiro atoms. The number of esters is 1. The van der Waals surface area contributed by atoms with Crippen LogP contribution in [0.5, 0.6) is 0 Å². The summed E-state index contributed by atoms with van der Waals surface area (Å²) >= 11 is 0. The number of carbonyl (C=O) groups excluding carboxylic acids is 1. The number of hydrogen-bond donors (Lipinski definition) is 0. The summed E-state index contributed by atoms with van der Waals surface area (Å²) < 4.78 is 16.7. The molecule has 0 N–H and O–H groups in total. The predicted molar refractivity (Wildman–Crippen MR) is 69.9 cm³/mol. The van der Waals surface area contributed by atoms with E-state index in [4.69, 9.17) is 13.6 Å². The van der Waals surface area contributed by atoms with Crippen LogP contribution in [0.4, 0.5) is 0 Å². The quantitative estimate of drug-likeness (QED) is 0.363. The topological polar surface area (TPSA) is 44.8 Å². The average Bonchev–Trinajstić information content (AvgIpc) is 2.28. The van der Waals surface area contributed by atoms with Gasteiger partial charge in [0.1, 0.15) is 6.23 Å². The highest BCUT2D eigenvalue weighted by Gasteiger charge is 2.38. The fourth-order valence-electron chi connectivity index (χ4n) is 1.61. The molecule has 0 aromatic heterocycles. The average molecular weight is 260 g/mol. The van der Waals surface area contributed by atoms with Crippen LogP contribution in [0.2, 0.25) is 6.04 Å². The van der Waals surface area contributed by atoms with E-state index in [-0.39, 0.29) is 12.2 Å². The number of ether oxygens (including phenoxy) is 1. The van der Waals surface area contributed by atoms with Gasteiger partial charge in [0.2, 0.25) is 0 Å². The lowest BCUT2D eigenvalue weighted by atomic mass is 10.5. The van der Waals surface area contributed by atoms with Crippen LogP contribution in [-0.4, -0.2) is 34.0 Å². The van der Waals surface area contributed by atoms with E-state index in [0.29, 0.717) is 13.2 Å². The van der Waals surface area contributed by atoms with Gasteiger partial charge in [-0.3, -0.25) is 0 Å². The van der Waals surface area contributed by atoms with Gasteiger partial charge in [0.15, 0.2) is 0 Å². The minimum atomic E-state index is -2.36. The van der Waals surface area contributed by atoms with Gasteiger partial charge >= 0.3 is 14.5 Å². The van der Waals surface area contributed by atoms with Crippen LogP contribution in [-0.2, 0) is 18.4 Å². The normalized spacial score (nSPS) is 12.0. The molecule has 0 bridgehead atoms. The third-order valence-electron chi connectivity index (χ3n) is 2.18. The van der Waals surface area contributed by atoms with Gasteiger partial charge in [-0.1, -0.05) is 19.4 Å². The van der Waals surface area contributed by atoms with Crippen LogP contribution in [0.25, 0.3) is 0 Å². The molecule has 0 rings (SSSR count). The Morgan fingerprint density at radius 3 is 2.18 bits per heavy atom. The monoisotopic (exact) mass is 260 g/mol. The van der Waals surface area contributed by atoms with E-state index < -0.39 is 8.56 Å². The summed E-state index contributed by atoms with van der Waals surface area (Å²) in [5.74, 6) is -0.333. The van der Waals surface area contributed by atoms with Gasteiger partial charge < -0.3 is 13.6 Å². The molecule has 0 fully saturated rings. The predicted octanol–water partition coefficient (Wildman–Crippen LogP) is 2.57. The lowest BCUT2D eigenvalue weighted by Gasteiger charge is -2.28. The van der Waals surface area contributed by atoms with Gasteiger partial charge in [0, 0.05) is 19.3 Å². The van der Waals surface area contributed by atoms with Crippen molar-refractivity contribution in [3.05, 3.63) is 12.2 Å². The van der Waals surface area contributed by atoms with Crippen LogP contribution in [0.15, 0.2) is 12.2 Å². The second-order valence-electron chi connectivity index (χ2n) is 3.63. The van der Waals surface area contributed by atoms with Crippen molar-refractivity contribution in [2.45, 2.75) is 40.2 Å². The minimum Gasteiger partial charge on any atom is -0.461 e. The second-order valence-corrected chi connectivity index (χ2v) is 6.82. The van der Waals surface area contributed by atoms with E-state index in [0.717, 1.165) is 12.5 Å². The molecule has 0 saturated heterocycles. The van der Waals surface area contributed by atoms with Crippen molar-refractivity contribution >= 4 is 14.5 Å². The molecule has 0 aromatic rings. The number of allylic oxidation sites excluding steroid dienone is 1. The first-order chi connectivity index (χ1) is 8.14. The van der Waals surface area contributed by atoms with Gasteiger partial charge in [-0.15, -0.1) is 0 Å². The Bertz CT molecular complexity index is 224. The Hall–Kier alpha value is -0.653. The van der Waals surface area contributed by atoms with Crippen LogP contribution in [0.1, 0.15) is 34.1 Å². The van der Waals surface area contributed by atoms with E-state index >= 15 is 0 Å². The van der Waals surface area contributed by atoms with Crippen LogP contribution >= 0.6 is 0 Å². The fourth-order valence-corrected chi connectivity index (χ4v) is 4.47. The van der Waals surface area contributed by atoms with Crippen LogP contribution in [0.3, 0.4) is 0 Å². The Balaban J connectivity index is 4.47. The van der Waals surface area contributed by atoms with Gasteiger partial charge in [-0.05, 0) is 26.8 Å². The summed E-state index contributed by atoms with van der Waals surface area (Å²) in [5.41, 5.74) is 0. The summed E-state index contributed by atoms with van der Waals surface area (Å²) in [6.45, 7) is 8.91. The third-order valence-corrected chi connectivity index (χ3v) is 5.66. The van der Waals surface area contributed by atoms with E-state index in [9.17, 15) is 4.79 Å². The lowest BCUT2D eigenvalue weighted by molar-refractivity contribution is -0.136. The highest BCUT2D eigenvalue weighted by atomic mass is 28.4. The zero-order chi connectivity index (χ0) is 13.1. The van der Waals surface area contributed by atoms with Crippen LogP contribution < -0.4 is 0 Å². The zero-order valence-electron chi connectivity index (χ0n) is 11.3. The molecular weight excluding hydrogens is 236 g/mol. The molecule has 0 heterocycles. The largest absolute Gasteiger partial charge is 0.461 e. The third kappa shape index (κ3) is 6.60. The molecule has 0 saturated carbocycles. The SMILES string of the molecule is CC=CC(=O)OC[Si](CCC)(OCC)OCC. The van der Waals surface area contributed by atoms with Crippen molar-refractivity contribution in [2.24, 2.45) is 0 Å². The number of hydrogen-bond acceptors (Lipinski definition) is 4. The summed E-state index contributed by atoms with van der Waals surface area (Å²) in [7, 11) is -2.36. The van der Waals surface area contributed by atoms with Gasteiger partial charge in [-0.2, -0.15) is 0 Å². The second kappa shape index (κ2) is 9.38. The van der Waals surface area contributed by atoms with Crippen molar-refractivity contribution in [1.82, 2.24) is 0 Å². The van der Waals surface area contributed by atoms with E-state index in [1.165, 1.54) is 6.08 Å². The molecule has 0 atom stereocenters. The molecule has 0 radical (unpaired) electrons. The highest BCUT2D eigenvalue weighted by Crippen LogP contribution is 2.17. The summed E-state index contributed by atoms with van der Waals surface area (Å²) in [6, 6.07) is 0.845. The summed E-state index contributed by atoms with van der Waals surface area (Å²) in [5, 5.41) is 0. The van der Waals surface area contributed by atoms with Crippen LogP contribution in [0, 0.1) is 0 Å². The van der Waals surface area contributed by atoms with Gasteiger partial charge in [-0.25, -0.2) is 4.79 Å². The zero-order valence-corrected chi connectivity index (χ0v) is 12.3. The van der Waals surface area contributed by atoms with E-state index in [1.807, 2.05) is 13.8 Å². The summed E-state index contributed by atoms with van der Waals surface area (Å²) in [4.78, 5) is 11.3. The first-order valence-corrected chi connectivity index (χ1v) is 8.44. The minimum absolute atomic E-state index is 0.270. The molecule has 17 heavy (non-hydrogen) atoms. The first kappa shape index (κ1) is 16.3. The molecule has 0 aliphatic heterocycles. The molecule has 5 heteroatoms. The van der Waals surface area contributed by atoms with Gasteiger partial charge in [0.05, 0.1) is 0 Å². The molecule has 0 unspecified atom stereocenters. The van der Waals surface area contributed by atoms with Crippen molar-refractivity contribution < 1.29 is 18.4 Å². The van der Waals surface area contributed by atoms with E-state index in [2.05, 4.69) is 6.92 Å². The number of rotatable bonds is 9. The molecule has 0 amide bonds. The van der Waals surface area contributed by atoms with Crippen molar-refractivity contribution in [1.29, 1.82) is 0 Å². The lowest BCUT2D eigenvalue weighted by Crippen LogP contribution is -2.47. The maximum atomic E-state index is 11.3. The highest BCUT2D eigenvalue weighted by molar-refractivity contribution is 6.67. The Morgan fingerprint density at radius 2 is 1.76 bits per heavy atom. The Kier molecular flexibility index (Phi) is 9.02. The number of carbonyl (C=O) groups is 1. The standard InChI is InChI=1S/C12H24O4Si/c1-5-9-12(13)14-11-17(10-6-2,15-7-3)16-8-4/h5,9H,6-8,10-11H2,1-4H3. The van der Waals surface area contributed by atoms with Crippen molar-refractivity contribution in [3.63, 3.8) is 0 Å². The fraction of sp³-hybridized carbons (Fsp3) is 0.750. The Morgan fingerprint density at radius 1 is 1.18 bits per heavy atom. The summed E-state index contributed by atoms with van der Waals surface area (Å²) in [6.07, 6.45) is 4.30. The molecule has 0 aliphatic carbocycles. The van der Waals surface area contributed by atoms with Crippen molar-refractivity contribution in [3.8, 4) is 0 Å². The smallest absolute Gasteiger partial charge is 0.377 e. The van der Waals surface area contributed by atoms with E-state index in [1.54, 1.807) is 13.0 Å². The molecule has 0 aliphatic rings. The van der Waals surface area contributed by atoms with Gasteiger partial charge in [0.25, 0.3) is 0 Å². The molecule has 0 aromatic carbocycles. The Labute approximate surface area is 105 Å². The maximum absolute atomic E-state index is 11.3. The van der Waals surface area contributed by atoms with Crippen molar-refractivity contribution in [2.75, 3.05) is 19.4 Å². The maximum Gasteiger partial charge on any atom is 0.377 e. The molecule has 100 valence electrons. The molecular formula is C12H24O4Si. The first-order valence-electron chi connectivity index (χ1n) is 6.21. The molecule has 4 nitrogen and oxygen atoms in total.